The third kappa shape index (κ3) is 3.61. The zero-order chi connectivity index (χ0) is 10.4. The highest BCUT2D eigenvalue weighted by molar-refractivity contribution is 5.52. The van der Waals surface area contributed by atoms with Gasteiger partial charge in [0.05, 0.1) is 0 Å². The molecule has 0 spiro atoms. The largest absolute Gasteiger partial charge is 0.0764 e. The third-order valence-corrected chi connectivity index (χ3v) is 2.08. The predicted molar refractivity (Wildman–Crippen MR) is 64.3 cm³/mol. The number of allylic oxidation sites excluding steroid dienone is 3. The maximum absolute atomic E-state index is 2.23. The Morgan fingerprint density at radius 2 is 2.07 bits per heavy atom. The van der Waals surface area contributed by atoms with Crippen molar-refractivity contribution in [3.8, 4) is 0 Å². The Bertz CT molecular complexity index is 339. The normalized spacial score (nSPS) is 10.5. The molecule has 1 aromatic carbocycles. The van der Waals surface area contributed by atoms with Gasteiger partial charge in [0.15, 0.2) is 0 Å². The number of benzene rings is 1. The van der Waals surface area contributed by atoms with Gasteiger partial charge in [-0.25, -0.2) is 0 Å². The van der Waals surface area contributed by atoms with Gasteiger partial charge in [-0.2, -0.15) is 0 Å². The van der Waals surface area contributed by atoms with Crippen LogP contribution in [0.1, 0.15) is 31.9 Å². The summed E-state index contributed by atoms with van der Waals surface area (Å²) in [5, 5.41) is 0. The Hall–Kier alpha value is -1.30. The van der Waals surface area contributed by atoms with Gasteiger partial charge in [-0.05, 0) is 31.4 Å². The summed E-state index contributed by atoms with van der Waals surface area (Å²) in [5.41, 5.74) is 4.00. The fourth-order valence-electron chi connectivity index (χ4n) is 1.27. The third-order valence-electron chi connectivity index (χ3n) is 2.08. The van der Waals surface area contributed by atoms with E-state index >= 15 is 0 Å². The molecule has 0 saturated carbocycles. The van der Waals surface area contributed by atoms with E-state index in [9.17, 15) is 0 Å². The Labute approximate surface area is 87.0 Å². The molecule has 0 aliphatic rings. The van der Waals surface area contributed by atoms with Crippen molar-refractivity contribution in [1.82, 2.24) is 0 Å². The van der Waals surface area contributed by atoms with E-state index in [0.717, 1.165) is 6.42 Å². The van der Waals surface area contributed by atoms with Crippen LogP contribution >= 0.6 is 0 Å². The first kappa shape index (κ1) is 10.8. The van der Waals surface area contributed by atoms with Gasteiger partial charge >= 0.3 is 0 Å². The molecule has 0 N–H and O–H groups in total. The Kier molecular flexibility index (Phi) is 4.18. The molecule has 14 heavy (non-hydrogen) atoms. The zero-order valence-corrected chi connectivity index (χ0v) is 9.25. The van der Waals surface area contributed by atoms with E-state index < -0.39 is 0 Å². The second kappa shape index (κ2) is 5.43. The topological polar surface area (TPSA) is 0 Å². The molecule has 0 aromatic heterocycles. The number of aryl methyl sites for hydroxylation is 1. The van der Waals surface area contributed by atoms with Crippen molar-refractivity contribution in [3.05, 3.63) is 53.1 Å². The maximum Gasteiger partial charge on any atom is -0.0254 e. The molecular formula is C14H18. The molecule has 74 valence electrons. The highest BCUT2D eigenvalue weighted by Gasteiger charge is 1.88. The fourth-order valence-corrected chi connectivity index (χ4v) is 1.27. The van der Waals surface area contributed by atoms with Gasteiger partial charge in [0.2, 0.25) is 0 Å². The first-order valence-corrected chi connectivity index (χ1v) is 5.13. The summed E-state index contributed by atoms with van der Waals surface area (Å²) in [6.07, 6.45) is 7.47. The lowest BCUT2D eigenvalue weighted by Gasteiger charge is -1.97. The van der Waals surface area contributed by atoms with Crippen LogP contribution in [0.2, 0.25) is 0 Å². The SMILES string of the molecule is CCc1cccc(C=CC=C(C)C)c1. The van der Waals surface area contributed by atoms with Crippen LogP contribution in [0, 0.1) is 0 Å². The molecule has 0 radical (unpaired) electrons. The van der Waals surface area contributed by atoms with E-state index in [0.29, 0.717) is 0 Å². The lowest BCUT2D eigenvalue weighted by Crippen LogP contribution is -1.79. The van der Waals surface area contributed by atoms with E-state index in [1.807, 2.05) is 0 Å². The minimum absolute atomic E-state index is 1.10. The number of rotatable bonds is 3. The molecule has 0 fully saturated rings. The second-order valence-corrected chi connectivity index (χ2v) is 3.70. The summed E-state index contributed by atoms with van der Waals surface area (Å²) in [6, 6.07) is 8.64. The first-order valence-electron chi connectivity index (χ1n) is 5.13. The van der Waals surface area contributed by atoms with Gasteiger partial charge in [0.25, 0.3) is 0 Å². The van der Waals surface area contributed by atoms with Gasteiger partial charge in [0.1, 0.15) is 0 Å². The molecule has 0 nitrogen and oxygen atoms in total. The van der Waals surface area contributed by atoms with Crippen LogP contribution in [0.4, 0.5) is 0 Å². The quantitative estimate of drug-likeness (QED) is 0.620. The molecule has 0 heteroatoms. The summed E-state index contributed by atoms with van der Waals surface area (Å²) in [4.78, 5) is 0. The zero-order valence-electron chi connectivity index (χ0n) is 9.25. The van der Waals surface area contributed by atoms with Crippen molar-refractivity contribution in [1.29, 1.82) is 0 Å². The second-order valence-electron chi connectivity index (χ2n) is 3.70. The van der Waals surface area contributed by atoms with Gasteiger partial charge in [-0.15, -0.1) is 0 Å². The highest BCUT2D eigenvalue weighted by Crippen LogP contribution is 2.07. The van der Waals surface area contributed by atoms with Gasteiger partial charge in [-0.3, -0.25) is 0 Å². The van der Waals surface area contributed by atoms with Crippen molar-refractivity contribution in [2.45, 2.75) is 27.2 Å². The summed E-state index contributed by atoms with van der Waals surface area (Å²) >= 11 is 0. The lowest BCUT2D eigenvalue weighted by atomic mass is 10.1. The molecule has 0 aliphatic carbocycles. The summed E-state index contributed by atoms with van der Waals surface area (Å²) in [6.45, 7) is 6.39. The van der Waals surface area contributed by atoms with Gasteiger partial charge in [0, 0.05) is 0 Å². The Morgan fingerprint density at radius 3 is 2.71 bits per heavy atom. The number of hydrogen-bond donors (Lipinski definition) is 0. The first-order chi connectivity index (χ1) is 6.72. The van der Waals surface area contributed by atoms with Crippen molar-refractivity contribution >= 4 is 6.08 Å². The van der Waals surface area contributed by atoms with E-state index in [1.165, 1.54) is 16.7 Å². The van der Waals surface area contributed by atoms with Crippen molar-refractivity contribution in [3.63, 3.8) is 0 Å². The summed E-state index contributed by atoms with van der Waals surface area (Å²) in [7, 11) is 0. The smallest absolute Gasteiger partial charge is 0.0254 e. The number of hydrogen-bond acceptors (Lipinski definition) is 0. The molecule has 0 bridgehead atoms. The van der Waals surface area contributed by atoms with E-state index in [1.54, 1.807) is 0 Å². The Morgan fingerprint density at radius 1 is 1.29 bits per heavy atom. The molecule has 0 saturated heterocycles. The molecule has 0 heterocycles. The molecular weight excluding hydrogens is 168 g/mol. The molecule has 0 amide bonds. The van der Waals surface area contributed by atoms with Crippen LogP contribution in [0.3, 0.4) is 0 Å². The Balaban J connectivity index is 2.76. The average molecular weight is 186 g/mol. The van der Waals surface area contributed by atoms with Crippen LogP contribution < -0.4 is 0 Å². The van der Waals surface area contributed by atoms with Crippen molar-refractivity contribution in [2.24, 2.45) is 0 Å². The van der Waals surface area contributed by atoms with Crippen LogP contribution in [0.5, 0.6) is 0 Å². The van der Waals surface area contributed by atoms with Gasteiger partial charge in [-0.1, -0.05) is 55.0 Å². The molecule has 1 aromatic rings. The monoisotopic (exact) mass is 186 g/mol. The van der Waals surface area contributed by atoms with E-state index in [4.69, 9.17) is 0 Å². The minimum Gasteiger partial charge on any atom is -0.0764 e. The van der Waals surface area contributed by atoms with E-state index in [2.05, 4.69) is 63.3 Å². The minimum atomic E-state index is 1.10. The van der Waals surface area contributed by atoms with Crippen LogP contribution in [0.15, 0.2) is 42.0 Å². The highest BCUT2D eigenvalue weighted by atomic mass is 13.9. The molecule has 0 aliphatic heterocycles. The molecule has 0 atom stereocenters. The van der Waals surface area contributed by atoms with Crippen LogP contribution in [-0.2, 0) is 6.42 Å². The molecule has 0 unspecified atom stereocenters. The fraction of sp³-hybridized carbons (Fsp3) is 0.286. The summed E-state index contributed by atoms with van der Waals surface area (Å²) < 4.78 is 0. The van der Waals surface area contributed by atoms with Gasteiger partial charge < -0.3 is 0 Å². The average Bonchev–Trinajstić information content (AvgIpc) is 2.18. The maximum atomic E-state index is 2.23. The standard InChI is InChI=1S/C14H18/c1-4-13-8-6-10-14(11-13)9-5-7-12(2)3/h5-11H,4H2,1-3H3. The predicted octanol–water partition coefficient (Wildman–Crippen LogP) is 4.23. The summed E-state index contributed by atoms with van der Waals surface area (Å²) in [5.74, 6) is 0. The van der Waals surface area contributed by atoms with Crippen LogP contribution in [-0.4, -0.2) is 0 Å². The van der Waals surface area contributed by atoms with E-state index in [-0.39, 0.29) is 0 Å². The van der Waals surface area contributed by atoms with Crippen molar-refractivity contribution in [2.75, 3.05) is 0 Å². The van der Waals surface area contributed by atoms with Crippen LogP contribution in [0.25, 0.3) is 6.08 Å². The van der Waals surface area contributed by atoms with Crippen molar-refractivity contribution < 1.29 is 0 Å². The molecule has 1 rings (SSSR count). The lowest BCUT2D eigenvalue weighted by molar-refractivity contribution is 1.14.